The minimum Gasteiger partial charge on any atom is -0.494 e. The first-order valence-electron chi connectivity index (χ1n) is 14.1. The summed E-state index contributed by atoms with van der Waals surface area (Å²) in [6.45, 7) is 11.0. The molecule has 0 radical (unpaired) electrons. The third kappa shape index (κ3) is 8.70. The second-order valence-corrected chi connectivity index (χ2v) is 10.6. The number of likely N-dealkylation sites (N-methyl/N-ethyl adjacent to an activating group) is 1. The van der Waals surface area contributed by atoms with Gasteiger partial charge < -0.3 is 25.4 Å². The Bertz CT molecular complexity index is 999. The molecule has 2 saturated heterocycles. The molecule has 0 atom stereocenters. The van der Waals surface area contributed by atoms with Gasteiger partial charge in [-0.05, 0) is 87.7 Å². The first-order chi connectivity index (χ1) is 18.5. The number of piperidine rings is 1. The number of piperazine rings is 1. The molecule has 2 aliphatic rings. The zero-order valence-electron chi connectivity index (χ0n) is 23.2. The quantitative estimate of drug-likeness (QED) is 0.414. The summed E-state index contributed by atoms with van der Waals surface area (Å²) in [7, 11) is 2.20. The Morgan fingerprint density at radius 3 is 2.39 bits per heavy atom. The maximum Gasteiger partial charge on any atom is 0.234 e. The Kier molecular flexibility index (Phi) is 10.8. The van der Waals surface area contributed by atoms with Gasteiger partial charge in [0.05, 0.1) is 13.2 Å². The van der Waals surface area contributed by atoms with Gasteiger partial charge in [0.25, 0.3) is 0 Å². The molecule has 0 unspecified atom stereocenters. The molecule has 2 aromatic carbocycles. The number of hydrogen-bond acceptors (Lipinski definition) is 7. The van der Waals surface area contributed by atoms with Crippen molar-refractivity contribution in [2.75, 3.05) is 72.6 Å². The van der Waals surface area contributed by atoms with E-state index in [1.54, 1.807) is 0 Å². The van der Waals surface area contributed by atoms with Crippen LogP contribution in [0.3, 0.4) is 0 Å². The average molecular weight is 524 g/mol. The largest absolute Gasteiger partial charge is 0.494 e. The summed E-state index contributed by atoms with van der Waals surface area (Å²) in [5, 5.41) is 3.05. The van der Waals surface area contributed by atoms with Crippen molar-refractivity contribution >= 4 is 5.91 Å². The Morgan fingerprint density at radius 1 is 1.00 bits per heavy atom. The van der Waals surface area contributed by atoms with Crippen molar-refractivity contribution in [2.24, 2.45) is 5.73 Å². The Labute approximate surface area is 228 Å². The van der Waals surface area contributed by atoms with Crippen LogP contribution in [0.1, 0.15) is 30.4 Å². The SMILES string of the molecule is Cc1cc(CCN)ccc1Oc1ccc(OCCCNC(=O)CN2CCC(N3CCN(C)CC3)CC2)cc1. The zero-order chi connectivity index (χ0) is 26.7. The van der Waals surface area contributed by atoms with Gasteiger partial charge in [-0.3, -0.25) is 14.6 Å². The number of hydrogen-bond donors (Lipinski definition) is 2. The second kappa shape index (κ2) is 14.5. The van der Waals surface area contributed by atoms with Gasteiger partial charge in [0, 0.05) is 51.9 Å². The number of carbonyl (C=O) groups excluding carboxylic acids is 1. The highest BCUT2D eigenvalue weighted by Crippen LogP contribution is 2.27. The van der Waals surface area contributed by atoms with Crippen molar-refractivity contribution in [3.8, 4) is 17.2 Å². The molecule has 0 saturated carbocycles. The van der Waals surface area contributed by atoms with E-state index in [1.165, 1.54) is 18.7 Å². The van der Waals surface area contributed by atoms with Crippen LogP contribution in [0, 0.1) is 6.92 Å². The number of nitrogens with two attached hydrogens (primary N) is 1. The van der Waals surface area contributed by atoms with Crippen LogP contribution in [0.15, 0.2) is 42.5 Å². The van der Waals surface area contributed by atoms with Crippen molar-refractivity contribution in [1.82, 2.24) is 20.0 Å². The smallest absolute Gasteiger partial charge is 0.234 e. The van der Waals surface area contributed by atoms with E-state index in [4.69, 9.17) is 15.2 Å². The van der Waals surface area contributed by atoms with E-state index >= 15 is 0 Å². The van der Waals surface area contributed by atoms with Crippen molar-refractivity contribution in [2.45, 2.75) is 38.6 Å². The van der Waals surface area contributed by atoms with Gasteiger partial charge in [-0.15, -0.1) is 0 Å². The molecule has 4 rings (SSSR count). The standard InChI is InChI=1S/C30H45N5O3/c1-24-22-25(10-13-31)4-9-29(24)38-28-7-5-27(6-8-28)37-21-3-14-32-30(36)23-34-15-11-26(12-16-34)35-19-17-33(2)18-20-35/h4-9,22,26H,3,10-21,23,31H2,1-2H3,(H,32,36). The van der Waals surface area contributed by atoms with E-state index in [2.05, 4.69) is 39.2 Å². The monoisotopic (exact) mass is 523 g/mol. The molecular weight excluding hydrogens is 478 g/mol. The van der Waals surface area contributed by atoms with Crippen LogP contribution in [0.25, 0.3) is 0 Å². The molecule has 2 aliphatic heterocycles. The normalized spacial score (nSPS) is 17.9. The molecule has 0 spiro atoms. The number of ether oxygens (including phenoxy) is 2. The van der Waals surface area contributed by atoms with Crippen LogP contribution >= 0.6 is 0 Å². The molecule has 2 heterocycles. The lowest BCUT2D eigenvalue weighted by Crippen LogP contribution is -2.53. The molecule has 0 aliphatic carbocycles. The first-order valence-corrected chi connectivity index (χ1v) is 14.1. The molecule has 2 aromatic rings. The van der Waals surface area contributed by atoms with Crippen LogP contribution in [-0.2, 0) is 11.2 Å². The lowest BCUT2D eigenvalue weighted by atomic mass is 10.0. The third-order valence-electron chi connectivity index (χ3n) is 7.61. The summed E-state index contributed by atoms with van der Waals surface area (Å²) in [5.74, 6) is 2.51. The Balaban J connectivity index is 1.07. The van der Waals surface area contributed by atoms with E-state index in [0.717, 1.165) is 74.7 Å². The molecule has 0 aromatic heterocycles. The van der Waals surface area contributed by atoms with E-state index < -0.39 is 0 Å². The van der Waals surface area contributed by atoms with Gasteiger partial charge in [-0.25, -0.2) is 0 Å². The fourth-order valence-electron chi connectivity index (χ4n) is 5.26. The number of likely N-dealkylation sites (tertiary alicyclic amines) is 1. The molecule has 3 N–H and O–H groups in total. The molecule has 2 fully saturated rings. The van der Waals surface area contributed by atoms with E-state index in [9.17, 15) is 4.79 Å². The molecular formula is C30H45N5O3. The fraction of sp³-hybridized carbons (Fsp3) is 0.567. The van der Waals surface area contributed by atoms with Crippen LogP contribution in [-0.4, -0.2) is 99.2 Å². The van der Waals surface area contributed by atoms with Gasteiger partial charge in [-0.2, -0.15) is 0 Å². The van der Waals surface area contributed by atoms with Crippen LogP contribution in [0.4, 0.5) is 0 Å². The van der Waals surface area contributed by atoms with E-state index in [0.29, 0.717) is 32.3 Å². The van der Waals surface area contributed by atoms with Gasteiger partial charge >= 0.3 is 0 Å². The summed E-state index contributed by atoms with van der Waals surface area (Å²) >= 11 is 0. The third-order valence-corrected chi connectivity index (χ3v) is 7.61. The lowest BCUT2D eigenvalue weighted by molar-refractivity contribution is -0.122. The highest BCUT2D eigenvalue weighted by atomic mass is 16.5. The summed E-state index contributed by atoms with van der Waals surface area (Å²) in [4.78, 5) is 19.7. The maximum atomic E-state index is 12.4. The number of nitrogens with one attached hydrogen (secondary N) is 1. The second-order valence-electron chi connectivity index (χ2n) is 10.6. The average Bonchev–Trinajstić information content (AvgIpc) is 2.92. The highest BCUT2D eigenvalue weighted by molar-refractivity contribution is 5.77. The molecule has 38 heavy (non-hydrogen) atoms. The number of benzene rings is 2. The van der Waals surface area contributed by atoms with Crippen LogP contribution in [0.2, 0.25) is 0 Å². The van der Waals surface area contributed by atoms with E-state index in [-0.39, 0.29) is 5.91 Å². The number of carbonyl (C=O) groups is 1. The van der Waals surface area contributed by atoms with Crippen molar-refractivity contribution in [3.05, 3.63) is 53.6 Å². The zero-order valence-corrected chi connectivity index (χ0v) is 23.2. The predicted octanol–water partition coefficient (Wildman–Crippen LogP) is 2.89. The molecule has 8 nitrogen and oxygen atoms in total. The molecule has 208 valence electrons. The van der Waals surface area contributed by atoms with Gasteiger partial charge in [0.1, 0.15) is 17.2 Å². The molecule has 8 heteroatoms. The summed E-state index contributed by atoms with van der Waals surface area (Å²) in [6, 6.07) is 14.5. The summed E-state index contributed by atoms with van der Waals surface area (Å²) < 4.78 is 11.9. The molecule has 0 bridgehead atoms. The molecule has 1 amide bonds. The minimum absolute atomic E-state index is 0.107. The predicted molar refractivity (Wildman–Crippen MR) is 152 cm³/mol. The van der Waals surface area contributed by atoms with Gasteiger partial charge in [-0.1, -0.05) is 12.1 Å². The number of amides is 1. The summed E-state index contributed by atoms with van der Waals surface area (Å²) in [5.41, 5.74) is 7.96. The highest BCUT2D eigenvalue weighted by Gasteiger charge is 2.27. The van der Waals surface area contributed by atoms with Crippen molar-refractivity contribution in [1.29, 1.82) is 0 Å². The van der Waals surface area contributed by atoms with Crippen LogP contribution in [0.5, 0.6) is 17.2 Å². The maximum absolute atomic E-state index is 12.4. The van der Waals surface area contributed by atoms with E-state index in [1.807, 2.05) is 37.3 Å². The number of rotatable bonds is 12. The van der Waals surface area contributed by atoms with Gasteiger partial charge in [0.2, 0.25) is 5.91 Å². The number of aryl methyl sites for hydroxylation is 1. The number of nitrogens with zero attached hydrogens (tertiary/aromatic N) is 3. The van der Waals surface area contributed by atoms with Crippen molar-refractivity contribution < 1.29 is 14.3 Å². The van der Waals surface area contributed by atoms with Gasteiger partial charge in [0.15, 0.2) is 0 Å². The minimum atomic E-state index is 0.107. The van der Waals surface area contributed by atoms with Crippen molar-refractivity contribution in [3.63, 3.8) is 0 Å². The van der Waals surface area contributed by atoms with Crippen LogP contribution < -0.4 is 20.5 Å². The first kappa shape index (κ1) is 28.4. The topological polar surface area (TPSA) is 83.3 Å². The Hall–Kier alpha value is -2.65. The lowest BCUT2D eigenvalue weighted by Gasteiger charge is -2.41. The fourth-order valence-corrected chi connectivity index (χ4v) is 5.26. The Morgan fingerprint density at radius 2 is 1.71 bits per heavy atom. The summed E-state index contributed by atoms with van der Waals surface area (Å²) in [6.07, 6.45) is 3.96.